The van der Waals surface area contributed by atoms with E-state index < -0.39 is 0 Å². The van der Waals surface area contributed by atoms with E-state index in [0.29, 0.717) is 61.2 Å². The lowest BCUT2D eigenvalue weighted by atomic mass is 9.88. The Morgan fingerprint density at radius 2 is 0.525 bits per heavy atom. The maximum atomic E-state index is 13.4. The van der Waals surface area contributed by atoms with Crippen molar-refractivity contribution in [3.8, 4) is 66.9 Å². The maximum absolute atomic E-state index is 13.4. The van der Waals surface area contributed by atoms with Crippen molar-refractivity contribution in [1.29, 1.82) is 0 Å². The normalized spacial score (nSPS) is 12.9. The zero-order valence-corrected chi connectivity index (χ0v) is 52.8. The Bertz CT molecular complexity index is 5080. The van der Waals surface area contributed by atoms with Crippen LogP contribution in [0.15, 0.2) is 328 Å². The van der Waals surface area contributed by atoms with Gasteiger partial charge in [-0.25, -0.2) is 14.7 Å². The van der Waals surface area contributed by atoms with Gasteiger partial charge in [-0.15, -0.1) is 0 Å². The molecule has 0 radical (unpaired) electrons. The lowest BCUT2D eigenvalue weighted by Crippen LogP contribution is -2.40. The van der Waals surface area contributed by atoms with Crippen LogP contribution >= 0.6 is 0 Å². The summed E-state index contributed by atoms with van der Waals surface area (Å²) in [6.07, 6.45) is 8.94. The molecule has 0 unspecified atom stereocenters. The zero-order chi connectivity index (χ0) is 67.1. The van der Waals surface area contributed by atoms with Gasteiger partial charge in [0.25, 0.3) is 35.4 Å². The number of anilines is 3. The molecule has 15 aromatic rings. The molecule has 3 aliphatic rings. The molecule has 12 nitrogen and oxygen atoms in total. The van der Waals surface area contributed by atoms with Gasteiger partial charge in [0.2, 0.25) is 0 Å². The van der Waals surface area contributed by atoms with Crippen LogP contribution in [0, 0.1) is 0 Å². The van der Waals surface area contributed by atoms with E-state index in [9.17, 15) is 28.8 Å². The molecule has 99 heavy (non-hydrogen) atoms. The van der Waals surface area contributed by atoms with Crippen LogP contribution in [0.3, 0.4) is 0 Å². The molecule has 0 atom stereocenters. The number of aromatic nitrogens is 3. The van der Waals surface area contributed by atoms with Crippen molar-refractivity contribution in [1.82, 2.24) is 15.0 Å². The first-order valence-electron chi connectivity index (χ1n) is 32.2. The minimum atomic E-state index is -0.299. The first-order valence-corrected chi connectivity index (χ1v) is 32.2. The predicted octanol–water partition coefficient (Wildman–Crippen LogP) is 19.1. The van der Waals surface area contributed by atoms with Crippen molar-refractivity contribution in [2.75, 3.05) is 14.7 Å². The van der Waals surface area contributed by atoms with Gasteiger partial charge in [0, 0.05) is 86.1 Å². The topological polar surface area (TPSA) is 151 Å². The fraction of sp³-hybridized carbons (Fsp3) is 0. The average molecular weight is 1280 g/mol. The van der Waals surface area contributed by atoms with Crippen LogP contribution in [0.2, 0.25) is 0 Å². The first-order chi connectivity index (χ1) is 48.7. The second kappa shape index (κ2) is 25.5. The zero-order valence-electron chi connectivity index (χ0n) is 52.8. The fourth-order valence-corrected chi connectivity index (χ4v) is 13.6. The summed E-state index contributed by atoms with van der Waals surface area (Å²) < 4.78 is 0. The van der Waals surface area contributed by atoms with E-state index in [1.54, 1.807) is 79.4 Å². The SMILES string of the molecule is O=C1c2cccc3c(-c4ccc(-c5ccccn5)cc4)ccc(c23)C(=O)N1c1ccccc1.O=C1c2cccc3c(-c4ccc(-c5cccnc5)cc4)ccc(c23)C(=O)N1c1ccccc1.O=C1c2cccc3c(-c4ccc(-c5ccncc5)cc4)ccc(c23)C(=O)N1c1ccccc1. The second-order valence-corrected chi connectivity index (χ2v) is 23.9. The molecule has 0 bridgehead atoms. The van der Waals surface area contributed by atoms with Gasteiger partial charge in [-0.1, -0.05) is 194 Å². The van der Waals surface area contributed by atoms with Crippen LogP contribution in [-0.2, 0) is 0 Å². The number of amides is 6. The number of nitrogens with zero attached hydrogens (tertiary/aromatic N) is 6. The Hall–Kier alpha value is -13.7. The monoisotopic (exact) mass is 1280 g/mol. The summed E-state index contributed by atoms with van der Waals surface area (Å²) in [6.45, 7) is 0. The summed E-state index contributed by atoms with van der Waals surface area (Å²) in [6, 6.07) is 94.1. The summed E-state index contributed by atoms with van der Waals surface area (Å²) in [5.74, 6) is -1.79. The molecule has 0 saturated heterocycles. The van der Waals surface area contributed by atoms with Crippen molar-refractivity contribution in [2.24, 2.45) is 0 Å². The van der Waals surface area contributed by atoms with Crippen LogP contribution in [0.1, 0.15) is 62.1 Å². The number of carbonyl (C=O) groups excluding carboxylic acids is 6. The van der Waals surface area contributed by atoms with Gasteiger partial charge in [0.05, 0.1) is 22.8 Å². The van der Waals surface area contributed by atoms with E-state index in [4.69, 9.17) is 0 Å². The lowest BCUT2D eigenvalue weighted by molar-refractivity contribution is 0.0877. The number of hydrogen-bond donors (Lipinski definition) is 0. The van der Waals surface area contributed by atoms with Crippen molar-refractivity contribution >= 4 is 84.8 Å². The number of rotatable bonds is 9. The third-order valence-electron chi connectivity index (χ3n) is 18.3. The van der Waals surface area contributed by atoms with Crippen LogP contribution in [0.4, 0.5) is 17.1 Å². The van der Waals surface area contributed by atoms with Gasteiger partial charge < -0.3 is 0 Å². The van der Waals surface area contributed by atoms with E-state index in [2.05, 4.69) is 75.6 Å². The van der Waals surface area contributed by atoms with Crippen LogP contribution in [0.5, 0.6) is 0 Å². The Kier molecular flexibility index (Phi) is 15.5. The molecule has 0 spiro atoms. The van der Waals surface area contributed by atoms with E-state index in [-0.39, 0.29) is 35.4 Å². The second-order valence-electron chi connectivity index (χ2n) is 23.9. The smallest absolute Gasteiger partial charge is 0.265 e. The molecule has 12 aromatic carbocycles. The largest absolute Gasteiger partial charge is 0.268 e. The number of carbonyl (C=O) groups is 6. The number of benzene rings is 12. The molecule has 468 valence electrons. The number of para-hydroxylation sites is 3. The predicted molar refractivity (Wildman–Crippen MR) is 391 cm³/mol. The van der Waals surface area contributed by atoms with Gasteiger partial charge in [0.15, 0.2) is 0 Å². The number of hydrogen-bond acceptors (Lipinski definition) is 9. The van der Waals surface area contributed by atoms with Crippen LogP contribution in [-0.4, -0.2) is 50.4 Å². The highest BCUT2D eigenvalue weighted by atomic mass is 16.2. The van der Waals surface area contributed by atoms with E-state index in [1.165, 1.54) is 14.7 Å². The van der Waals surface area contributed by atoms with Gasteiger partial charge in [0.1, 0.15) is 0 Å². The van der Waals surface area contributed by atoms with Gasteiger partial charge in [-0.05, 0) is 175 Å². The molecule has 0 saturated carbocycles. The van der Waals surface area contributed by atoms with Gasteiger partial charge in [-0.3, -0.25) is 43.7 Å². The average Bonchev–Trinajstić information content (AvgIpc) is 0.745. The molecule has 6 amide bonds. The molecule has 3 aliphatic heterocycles. The third kappa shape index (κ3) is 10.9. The quantitative estimate of drug-likeness (QED) is 0.129. The lowest BCUT2D eigenvalue weighted by Gasteiger charge is -2.27. The maximum Gasteiger partial charge on any atom is 0.265 e. The molecule has 12 heteroatoms. The minimum Gasteiger partial charge on any atom is -0.268 e. The van der Waals surface area contributed by atoms with Gasteiger partial charge in [-0.2, -0.15) is 0 Å². The van der Waals surface area contributed by atoms with Crippen LogP contribution < -0.4 is 14.7 Å². The number of pyridine rings is 3. The minimum absolute atomic E-state index is 0.297. The summed E-state index contributed by atoms with van der Waals surface area (Å²) in [7, 11) is 0. The molecule has 3 aromatic heterocycles. The molecule has 18 rings (SSSR count). The molecule has 0 aliphatic carbocycles. The fourth-order valence-electron chi connectivity index (χ4n) is 13.6. The Balaban J connectivity index is 0.000000116. The summed E-state index contributed by atoms with van der Waals surface area (Å²) >= 11 is 0. The van der Waals surface area contributed by atoms with Crippen molar-refractivity contribution < 1.29 is 28.8 Å². The Morgan fingerprint density at radius 3 is 0.879 bits per heavy atom. The van der Waals surface area contributed by atoms with Gasteiger partial charge >= 0.3 is 0 Å². The van der Waals surface area contributed by atoms with E-state index in [1.807, 2.05) is 188 Å². The molecular weight excluding hydrogens is 1220 g/mol. The molecular formula is C87H54N6O6. The Labute approximate surface area is 568 Å². The highest BCUT2D eigenvalue weighted by Crippen LogP contribution is 2.42. The highest BCUT2D eigenvalue weighted by Gasteiger charge is 2.37. The van der Waals surface area contributed by atoms with E-state index >= 15 is 0 Å². The van der Waals surface area contributed by atoms with E-state index in [0.717, 1.165) is 88.4 Å². The summed E-state index contributed by atoms with van der Waals surface area (Å²) in [5, 5.41) is 4.84. The summed E-state index contributed by atoms with van der Waals surface area (Å²) in [5.41, 5.74) is 17.3. The van der Waals surface area contributed by atoms with Crippen molar-refractivity contribution in [3.05, 3.63) is 362 Å². The van der Waals surface area contributed by atoms with Crippen molar-refractivity contribution in [2.45, 2.75) is 0 Å². The molecule has 6 heterocycles. The molecule has 0 N–H and O–H groups in total. The third-order valence-corrected chi connectivity index (χ3v) is 18.3. The molecule has 0 fully saturated rings. The van der Waals surface area contributed by atoms with Crippen molar-refractivity contribution in [3.63, 3.8) is 0 Å². The Morgan fingerprint density at radius 1 is 0.202 bits per heavy atom. The summed E-state index contributed by atoms with van der Waals surface area (Å²) in [4.78, 5) is 96.6. The number of imide groups is 3. The first kappa shape index (κ1) is 60.2. The standard InChI is InChI=1S/3C29H18N2O2/c32-28-25-10-4-9-24-23(20-13-11-19(12-14-20)21-6-5-17-30-18-21)15-16-26(27(24)25)29(33)31(28)22-7-2-1-3-8-22;32-28-24-10-6-9-23-22(19-12-14-20(15-13-19)26-11-4-5-18-30-26)16-17-25(27(23)24)29(33)31(28)21-7-2-1-3-8-21;32-28-25-8-4-7-24-23(21-11-9-19(10-12-21)20-15-17-30-18-16-20)13-14-26(27(24)25)29(33)31(28)22-5-2-1-3-6-22/h3*1-18H. The van der Waals surface area contributed by atoms with Crippen LogP contribution in [0.25, 0.3) is 99.2 Å². The highest BCUT2D eigenvalue weighted by molar-refractivity contribution is 6.39.